The van der Waals surface area contributed by atoms with Crippen molar-refractivity contribution < 1.29 is 12.3 Å². The van der Waals surface area contributed by atoms with Gasteiger partial charge in [0.2, 0.25) is 0 Å². The number of hydrogen-bond acceptors (Lipinski definition) is 0. The SMILES string of the molecule is C[C-](C)CP(C)C.[Cl][V]([Cl])[Cl].c1ccc2[cH-]ccc2c1. The van der Waals surface area contributed by atoms with Crippen LogP contribution in [0.4, 0.5) is 0 Å². The Morgan fingerprint density at radius 2 is 1.65 bits per heavy atom. The Balaban J connectivity index is 0.000000296. The Hall–Kier alpha value is 0.714. The van der Waals surface area contributed by atoms with E-state index in [1.54, 1.807) is 5.92 Å². The maximum Gasteiger partial charge on any atom is -0.0809 e. The molecule has 0 aliphatic carbocycles. The van der Waals surface area contributed by atoms with Gasteiger partial charge in [-0.05, 0) is 13.3 Å². The van der Waals surface area contributed by atoms with E-state index >= 15 is 0 Å². The van der Waals surface area contributed by atoms with E-state index in [4.69, 9.17) is 29.5 Å². The molecule has 0 saturated carbocycles. The third-order valence-corrected chi connectivity index (χ3v) is 3.44. The first-order valence-electron chi connectivity index (χ1n) is 6.14. The van der Waals surface area contributed by atoms with Gasteiger partial charge < -0.3 is 5.92 Å². The van der Waals surface area contributed by atoms with Crippen molar-refractivity contribution in [2.45, 2.75) is 13.8 Å². The van der Waals surface area contributed by atoms with Crippen molar-refractivity contribution >= 4 is 48.2 Å². The molecule has 0 amide bonds. The number of rotatable bonds is 2. The van der Waals surface area contributed by atoms with Crippen LogP contribution < -0.4 is 0 Å². The van der Waals surface area contributed by atoms with E-state index in [0.717, 1.165) is 0 Å². The molecule has 0 spiro atoms. The summed E-state index contributed by atoms with van der Waals surface area (Å²) in [6.45, 7) is 9.01. The first-order chi connectivity index (χ1) is 9.32. The Morgan fingerprint density at radius 1 is 1.10 bits per heavy atom. The first kappa shape index (κ1) is 20.7. The van der Waals surface area contributed by atoms with E-state index in [2.05, 4.69) is 69.6 Å². The van der Waals surface area contributed by atoms with E-state index < -0.39 is 12.3 Å². The van der Waals surface area contributed by atoms with Crippen molar-refractivity contribution in [3.63, 3.8) is 0 Å². The fourth-order valence-corrected chi connectivity index (χ4v) is 2.97. The van der Waals surface area contributed by atoms with Gasteiger partial charge in [0.15, 0.2) is 0 Å². The summed E-state index contributed by atoms with van der Waals surface area (Å²) in [6.07, 6.45) is 1.34. The molecular formula is C15H21Cl3PV-2. The van der Waals surface area contributed by atoms with Crippen LogP contribution in [0.3, 0.4) is 0 Å². The number of halogens is 3. The molecule has 114 valence electrons. The second-order valence-electron chi connectivity index (χ2n) is 4.79. The first-order valence-corrected chi connectivity index (χ1v) is 14.3. The molecule has 0 unspecified atom stereocenters. The van der Waals surface area contributed by atoms with Crippen LogP contribution in [-0.4, -0.2) is 19.5 Å². The maximum absolute atomic E-state index is 4.95. The standard InChI is InChI=1S/C9H7.C6H14P.3ClH.V/c1-2-5-9-7-3-6-8(9)4-1;1-6(2)5-7(3)4;;;;/h1-7H;5H2,1-4H3;3*1H;/q2*-1;;;;+3/p-3. The average Bonchev–Trinajstić information content (AvgIpc) is 2.74. The molecule has 2 rings (SSSR count). The molecule has 0 heterocycles. The summed E-state index contributed by atoms with van der Waals surface area (Å²) >= 11 is -1.77. The third-order valence-electron chi connectivity index (χ3n) is 2.18. The Labute approximate surface area is 141 Å². The van der Waals surface area contributed by atoms with Gasteiger partial charge in [0, 0.05) is 0 Å². The zero-order chi connectivity index (χ0) is 15.5. The minimum absolute atomic E-state index is 0.323. The van der Waals surface area contributed by atoms with Gasteiger partial charge in [-0.25, -0.2) is 0 Å². The maximum atomic E-state index is 4.95. The smallest absolute Gasteiger partial charge is 0.0809 e. The molecule has 0 aromatic heterocycles. The molecule has 0 saturated heterocycles. The van der Waals surface area contributed by atoms with Gasteiger partial charge in [-0.3, -0.25) is 0 Å². The second kappa shape index (κ2) is 12.3. The van der Waals surface area contributed by atoms with Crippen LogP contribution in [0.1, 0.15) is 13.8 Å². The predicted molar refractivity (Wildman–Crippen MR) is 95.3 cm³/mol. The minimum Gasteiger partial charge on any atom is -0.168 e. The van der Waals surface area contributed by atoms with Crippen LogP contribution in [0.2, 0.25) is 0 Å². The zero-order valence-corrected chi connectivity index (χ0v) is 16.8. The third kappa shape index (κ3) is 12.5. The molecule has 2 aromatic rings. The van der Waals surface area contributed by atoms with Crippen molar-refractivity contribution in [2.24, 2.45) is 0 Å². The van der Waals surface area contributed by atoms with Crippen LogP contribution >= 0.6 is 37.5 Å². The summed E-state index contributed by atoms with van der Waals surface area (Å²) in [7, 11) is 15.2. The van der Waals surface area contributed by atoms with Crippen LogP contribution in [0.25, 0.3) is 10.8 Å². The molecule has 2 aromatic carbocycles. The molecule has 0 N–H and O–H groups in total. The fraction of sp³-hybridized carbons (Fsp3) is 0.333. The number of fused-ring (bicyclic) bond motifs is 1. The summed E-state index contributed by atoms with van der Waals surface area (Å²) in [5.74, 6) is 1.57. The Kier molecular flexibility index (Phi) is 12.7. The van der Waals surface area contributed by atoms with Gasteiger partial charge in [0.05, 0.1) is 0 Å². The molecule has 0 nitrogen and oxygen atoms in total. The summed E-state index contributed by atoms with van der Waals surface area (Å²) in [5, 5.41) is 2.66. The normalized spacial score (nSPS) is 10.3. The quantitative estimate of drug-likeness (QED) is 0.384. The molecule has 0 bridgehead atoms. The molecular weight excluding hydrogens is 368 g/mol. The van der Waals surface area contributed by atoms with Crippen molar-refractivity contribution in [3.05, 3.63) is 48.4 Å². The van der Waals surface area contributed by atoms with Gasteiger partial charge in [-0.2, -0.15) is 37.5 Å². The van der Waals surface area contributed by atoms with Crippen molar-refractivity contribution in [3.8, 4) is 0 Å². The summed E-state index contributed by atoms with van der Waals surface area (Å²) in [6, 6.07) is 14.7. The van der Waals surface area contributed by atoms with E-state index in [1.165, 1.54) is 16.9 Å². The molecule has 0 atom stereocenters. The van der Waals surface area contributed by atoms with Gasteiger partial charge in [-0.1, -0.05) is 6.07 Å². The fourth-order valence-electron chi connectivity index (χ4n) is 1.70. The van der Waals surface area contributed by atoms with Crippen LogP contribution in [0.5, 0.6) is 0 Å². The molecule has 0 fully saturated rings. The minimum atomic E-state index is -1.77. The Morgan fingerprint density at radius 3 is 2.05 bits per heavy atom. The topological polar surface area (TPSA) is 0 Å². The van der Waals surface area contributed by atoms with Gasteiger partial charge >= 0.3 is 41.8 Å². The molecule has 0 aliphatic rings. The molecule has 20 heavy (non-hydrogen) atoms. The van der Waals surface area contributed by atoms with Crippen LogP contribution in [0.15, 0.2) is 42.5 Å². The van der Waals surface area contributed by atoms with E-state index in [9.17, 15) is 0 Å². The van der Waals surface area contributed by atoms with E-state index in [-0.39, 0.29) is 0 Å². The largest absolute Gasteiger partial charge is 0.168 e. The van der Waals surface area contributed by atoms with Crippen molar-refractivity contribution in [2.75, 3.05) is 19.5 Å². The zero-order valence-electron chi connectivity index (χ0n) is 12.3. The predicted octanol–water partition coefficient (Wildman–Crippen LogP) is 6.97. The van der Waals surface area contributed by atoms with Crippen molar-refractivity contribution in [1.82, 2.24) is 0 Å². The van der Waals surface area contributed by atoms with Crippen LogP contribution in [-0.2, 0) is 12.3 Å². The summed E-state index contributed by atoms with van der Waals surface area (Å²) in [4.78, 5) is 0. The van der Waals surface area contributed by atoms with E-state index in [0.29, 0.717) is 7.92 Å². The second-order valence-corrected chi connectivity index (χ2v) is 14.2. The number of benzene rings is 1. The van der Waals surface area contributed by atoms with Gasteiger partial charge in [0.1, 0.15) is 0 Å². The monoisotopic (exact) mass is 388 g/mol. The summed E-state index contributed by atoms with van der Waals surface area (Å²) < 4.78 is 0. The Bertz CT molecular complexity index is 416. The summed E-state index contributed by atoms with van der Waals surface area (Å²) in [5.41, 5.74) is 0. The average molecular weight is 390 g/mol. The molecule has 0 radical (unpaired) electrons. The van der Waals surface area contributed by atoms with E-state index in [1.807, 2.05) is 0 Å². The molecule has 5 heteroatoms. The number of hydrogen-bond donors (Lipinski definition) is 0. The molecule has 0 aliphatic heterocycles. The van der Waals surface area contributed by atoms with Gasteiger partial charge in [-0.15, -0.1) is 37.6 Å². The van der Waals surface area contributed by atoms with Crippen molar-refractivity contribution in [1.29, 1.82) is 0 Å². The van der Waals surface area contributed by atoms with Gasteiger partial charge in [0.25, 0.3) is 0 Å². The van der Waals surface area contributed by atoms with Crippen LogP contribution in [0, 0.1) is 5.92 Å².